The lowest BCUT2D eigenvalue weighted by Crippen LogP contribution is -1.76. The van der Waals surface area contributed by atoms with Gasteiger partial charge < -0.3 is 4.74 Å². The standard InChI is InChI=1S/C10H10F4O/c11-5-1-3-9(13)7-15-8-10(14)4-2-6-12/h1-2,5-8H,3-4H2. The van der Waals surface area contributed by atoms with E-state index in [9.17, 15) is 17.6 Å². The van der Waals surface area contributed by atoms with Gasteiger partial charge >= 0.3 is 0 Å². The van der Waals surface area contributed by atoms with E-state index >= 15 is 0 Å². The summed E-state index contributed by atoms with van der Waals surface area (Å²) in [5, 5.41) is 0. The maximum Gasteiger partial charge on any atom is 0.139 e. The van der Waals surface area contributed by atoms with Crippen LogP contribution in [-0.4, -0.2) is 0 Å². The molecule has 0 spiro atoms. The van der Waals surface area contributed by atoms with Crippen molar-refractivity contribution in [3.63, 3.8) is 0 Å². The Balaban J connectivity index is 3.93. The zero-order valence-electron chi connectivity index (χ0n) is 7.80. The second-order valence-electron chi connectivity index (χ2n) is 2.40. The van der Waals surface area contributed by atoms with Crippen molar-refractivity contribution in [1.82, 2.24) is 0 Å². The highest BCUT2D eigenvalue weighted by Crippen LogP contribution is 2.08. The Kier molecular flexibility index (Phi) is 8.13. The summed E-state index contributed by atoms with van der Waals surface area (Å²) >= 11 is 0. The van der Waals surface area contributed by atoms with Crippen LogP contribution in [0.3, 0.4) is 0 Å². The molecule has 84 valence electrons. The maximum absolute atomic E-state index is 12.6. The normalized spacial score (nSPS) is 14.1. The number of hydrogen-bond donors (Lipinski definition) is 0. The molecule has 0 heterocycles. The van der Waals surface area contributed by atoms with Gasteiger partial charge in [0.15, 0.2) is 0 Å². The molecule has 0 aromatic carbocycles. The van der Waals surface area contributed by atoms with Gasteiger partial charge in [-0.2, -0.15) is 0 Å². The molecule has 0 aliphatic carbocycles. The molecule has 0 saturated carbocycles. The van der Waals surface area contributed by atoms with Gasteiger partial charge in [0.2, 0.25) is 0 Å². The Bertz CT molecular complexity index is 251. The Hall–Kier alpha value is -1.52. The highest BCUT2D eigenvalue weighted by Gasteiger charge is 1.93. The quantitative estimate of drug-likeness (QED) is 0.479. The number of ether oxygens (including phenoxy) is 1. The predicted octanol–water partition coefficient (Wildman–Crippen LogP) is 4.37. The van der Waals surface area contributed by atoms with Gasteiger partial charge in [0, 0.05) is 12.8 Å². The maximum atomic E-state index is 12.6. The average molecular weight is 222 g/mol. The van der Waals surface area contributed by atoms with E-state index in [2.05, 4.69) is 4.74 Å². The zero-order chi connectivity index (χ0) is 11.5. The lowest BCUT2D eigenvalue weighted by atomic mass is 10.4. The van der Waals surface area contributed by atoms with Gasteiger partial charge in [0.25, 0.3) is 0 Å². The fraction of sp³-hybridized carbons (Fsp3) is 0.200. The molecule has 0 rings (SSSR count). The molecule has 0 aromatic heterocycles. The Morgan fingerprint density at radius 1 is 0.867 bits per heavy atom. The summed E-state index contributed by atoms with van der Waals surface area (Å²) in [5.74, 6) is -1.51. The van der Waals surface area contributed by atoms with Crippen LogP contribution in [0.5, 0.6) is 0 Å². The molecule has 0 aromatic rings. The number of halogens is 4. The van der Waals surface area contributed by atoms with E-state index in [-0.39, 0.29) is 25.5 Å². The zero-order valence-corrected chi connectivity index (χ0v) is 7.80. The summed E-state index contributed by atoms with van der Waals surface area (Å²) < 4.78 is 52.4. The van der Waals surface area contributed by atoms with E-state index in [4.69, 9.17) is 0 Å². The molecular formula is C10H10F4O. The smallest absolute Gasteiger partial charge is 0.139 e. The van der Waals surface area contributed by atoms with Crippen LogP contribution in [-0.2, 0) is 4.74 Å². The highest BCUT2D eigenvalue weighted by molar-refractivity contribution is 4.98. The van der Waals surface area contributed by atoms with Crippen LogP contribution in [0.4, 0.5) is 17.6 Å². The summed E-state index contributed by atoms with van der Waals surface area (Å²) in [4.78, 5) is 0. The molecule has 1 nitrogen and oxygen atoms in total. The van der Waals surface area contributed by atoms with E-state index < -0.39 is 11.7 Å². The third-order valence-corrected chi connectivity index (χ3v) is 1.20. The summed E-state index contributed by atoms with van der Waals surface area (Å²) in [6.07, 6.45) is 2.98. The van der Waals surface area contributed by atoms with Crippen molar-refractivity contribution in [2.24, 2.45) is 0 Å². The summed E-state index contributed by atoms with van der Waals surface area (Å²) in [6, 6.07) is 0. The number of rotatable bonds is 6. The van der Waals surface area contributed by atoms with E-state index in [0.717, 1.165) is 12.2 Å². The Labute approximate surface area is 85.0 Å². The molecule has 0 aliphatic heterocycles. The molecular weight excluding hydrogens is 212 g/mol. The topological polar surface area (TPSA) is 9.23 Å². The fourth-order valence-electron chi connectivity index (χ4n) is 0.592. The monoisotopic (exact) mass is 222 g/mol. The average Bonchev–Trinajstić information content (AvgIpc) is 2.23. The number of allylic oxidation sites excluding steroid dienone is 4. The Morgan fingerprint density at radius 3 is 1.60 bits per heavy atom. The van der Waals surface area contributed by atoms with Crippen molar-refractivity contribution in [2.45, 2.75) is 12.8 Å². The lowest BCUT2D eigenvalue weighted by Gasteiger charge is -1.93. The molecule has 5 heteroatoms. The predicted molar refractivity (Wildman–Crippen MR) is 49.2 cm³/mol. The minimum Gasteiger partial charge on any atom is -0.467 e. The highest BCUT2D eigenvalue weighted by atomic mass is 19.1. The van der Waals surface area contributed by atoms with E-state index in [1.165, 1.54) is 0 Å². The molecule has 0 atom stereocenters. The first-order valence-electron chi connectivity index (χ1n) is 4.05. The molecule has 0 saturated heterocycles. The van der Waals surface area contributed by atoms with E-state index in [1.54, 1.807) is 0 Å². The van der Waals surface area contributed by atoms with Gasteiger partial charge in [0.1, 0.15) is 24.2 Å². The summed E-state index contributed by atoms with van der Waals surface area (Å²) in [7, 11) is 0. The molecule has 0 aliphatic rings. The molecule has 0 radical (unpaired) electrons. The van der Waals surface area contributed by atoms with Crippen molar-refractivity contribution >= 4 is 0 Å². The van der Waals surface area contributed by atoms with Crippen LogP contribution in [0, 0.1) is 0 Å². The second-order valence-corrected chi connectivity index (χ2v) is 2.40. The van der Waals surface area contributed by atoms with Crippen molar-refractivity contribution in [3.05, 3.63) is 49.0 Å². The van der Waals surface area contributed by atoms with Gasteiger partial charge in [0.05, 0.1) is 12.7 Å². The van der Waals surface area contributed by atoms with Gasteiger partial charge in [-0.25, -0.2) is 17.6 Å². The number of hydrogen-bond acceptors (Lipinski definition) is 1. The van der Waals surface area contributed by atoms with Crippen molar-refractivity contribution < 1.29 is 22.3 Å². The second kappa shape index (κ2) is 9.05. The first-order valence-corrected chi connectivity index (χ1v) is 4.05. The van der Waals surface area contributed by atoms with Crippen LogP contribution in [0.15, 0.2) is 49.0 Å². The summed E-state index contributed by atoms with van der Waals surface area (Å²) in [5.41, 5.74) is 0. The van der Waals surface area contributed by atoms with Crippen LogP contribution in [0.1, 0.15) is 12.8 Å². The molecule has 0 N–H and O–H groups in total. The minimum atomic E-state index is -0.756. The van der Waals surface area contributed by atoms with Crippen LogP contribution >= 0.6 is 0 Å². The van der Waals surface area contributed by atoms with Crippen molar-refractivity contribution in [3.8, 4) is 0 Å². The summed E-state index contributed by atoms with van der Waals surface area (Å²) in [6.45, 7) is 0. The third kappa shape index (κ3) is 8.80. The van der Waals surface area contributed by atoms with Crippen molar-refractivity contribution in [1.29, 1.82) is 0 Å². The van der Waals surface area contributed by atoms with E-state index in [1.807, 2.05) is 0 Å². The largest absolute Gasteiger partial charge is 0.467 e. The fourth-order valence-corrected chi connectivity index (χ4v) is 0.592. The Morgan fingerprint density at radius 2 is 1.27 bits per heavy atom. The van der Waals surface area contributed by atoms with E-state index in [0.29, 0.717) is 12.5 Å². The first kappa shape index (κ1) is 13.5. The van der Waals surface area contributed by atoms with Crippen molar-refractivity contribution in [2.75, 3.05) is 0 Å². The minimum absolute atomic E-state index is 0.190. The molecule has 0 fully saturated rings. The van der Waals surface area contributed by atoms with Gasteiger partial charge in [-0.15, -0.1) is 0 Å². The van der Waals surface area contributed by atoms with Gasteiger partial charge in [-0.3, -0.25) is 0 Å². The molecule has 0 amide bonds. The van der Waals surface area contributed by atoms with Crippen LogP contribution in [0.2, 0.25) is 0 Å². The lowest BCUT2D eigenvalue weighted by molar-refractivity contribution is 0.360. The molecule has 0 unspecified atom stereocenters. The molecule has 15 heavy (non-hydrogen) atoms. The van der Waals surface area contributed by atoms with Crippen LogP contribution < -0.4 is 0 Å². The van der Waals surface area contributed by atoms with Gasteiger partial charge in [-0.05, 0) is 12.2 Å². The third-order valence-electron chi connectivity index (χ3n) is 1.20. The first-order chi connectivity index (χ1) is 7.20. The van der Waals surface area contributed by atoms with Gasteiger partial charge in [-0.1, -0.05) is 0 Å². The van der Waals surface area contributed by atoms with Crippen LogP contribution in [0.25, 0.3) is 0 Å². The molecule has 0 bridgehead atoms. The SMILES string of the molecule is FC=CCC(F)=COC=C(F)CC=CF.